The highest BCUT2D eigenvalue weighted by molar-refractivity contribution is 5.86. The number of carbonyl (C=O) groups excluding carboxylic acids is 2. The largest absolute Gasteiger partial charge is 0.484 e. The summed E-state index contributed by atoms with van der Waals surface area (Å²) in [5.74, 6) is -0.520. The van der Waals surface area contributed by atoms with E-state index in [0.717, 1.165) is 0 Å². The van der Waals surface area contributed by atoms with Crippen LogP contribution in [-0.2, 0) is 9.59 Å². The highest BCUT2D eigenvalue weighted by Crippen LogP contribution is 2.13. The van der Waals surface area contributed by atoms with E-state index in [-0.39, 0.29) is 6.61 Å². The molecule has 5 N–H and O–H groups in total. The van der Waals surface area contributed by atoms with Crippen molar-refractivity contribution in [1.82, 2.24) is 5.32 Å². The molecular weight excluding hydrogens is 222 g/mol. The van der Waals surface area contributed by atoms with Crippen molar-refractivity contribution in [2.75, 3.05) is 12.3 Å². The van der Waals surface area contributed by atoms with Gasteiger partial charge in [-0.1, -0.05) is 6.07 Å². The van der Waals surface area contributed by atoms with E-state index in [2.05, 4.69) is 5.32 Å². The van der Waals surface area contributed by atoms with Crippen LogP contribution in [0.5, 0.6) is 5.75 Å². The van der Waals surface area contributed by atoms with E-state index < -0.39 is 17.9 Å². The fourth-order valence-electron chi connectivity index (χ4n) is 1.11. The Morgan fingerprint density at radius 1 is 1.47 bits per heavy atom. The Labute approximate surface area is 98.9 Å². The maximum Gasteiger partial charge on any atom is 0.258 e. The monoisotopic (exact) mass is 237 g/mol. The molecule has 0 saturated carbocycles. The van der Waals surface area contributed by atoms with Gasteiger partial charge in [0.2, 0.25) is 5.91 Å². The van der Waals surface area contributed by atoms with Gasteiger partial charge in [0.15, 0.2) is 6.61 Å². The van der Waals surface area contributed by atoms with Crippen LogP contribution in [0.2, 0.25) is 0 Å². The molecule has 0 aliphatic rings. The lowest BCUT2D eigenvalue weighted by molar-refractivity contribution is -0.128. The number of hydrogen-bond acceptors (Lipinski definition) is 4. The number of benzene rings is 1. The third-order valence-electron chi connectivity index (χ3n) is 2.03. The van der Waals surface area contributed by atoms with Crippen molar-refractivity contribution >= 4 is 17.5 Å². The molecule has 2 amide bonds. The molecule has 1 rings (SSSR count). The van der Waals surface area contributed by atoms with Gasteiger partial charge in [-0.2, -0.15) is 0 Å². The molecule has 0 aliphatic heterocycles. The van der Waals surface area contributed by atoms with Crippen LogP contribution in [0.25, 0.3) is 0 Å². The van der Waals surface area contributed by atoms with E-state index in [1.54, 1.807) is 24.3 Å². The highest BCUT2D eigenvalue weighted by Gasteiger charge is 2.12. The van der Waals surface area contributed by atoms with E-state index in [0.29, 0.717) is 11.4 Å². The molecular formula is C11H15N3O3. The van der Waals surface area contributed by atoms with E-state index in [1.807, 2.05) is 0 Å². The highest BCUT2D eigenvalue weighted by atomic mass is 16.5. The SMILES string of the molecule is CC(NC(=O)COc1cccc(N)c1)C(N)=O. The number of rotatable bonds is 5. The van der Waals surface area contributed by atoms with Crippen molar-refractivity contribution in [3.8, 4) is 5.75 Å². The smallest absolute Gasteiger partial charge is 0.258 e. The molecule has 6 heteroatoms. The Kier molecular flexibility index (Phi) is 4.33. The summed E-state index contributed by atoms with van der Waals surface area (Å²) in [4.78, 5) is 22.0. The molecule has 1 aromatic rings. The van der Waals surface area contributed by atoms with E-state index in [4.69, 9.17) is 16.2 Å². The molecule has 92 valence electrons. The van der Waals surface area contributed by atoms with Gasteiger partial charge in [0.05, 0.1) is 0 Å². The van der Waals surface area contributed by atoms with Crippen molar-refractivity contribution in [2.45, 2.75) is 13.0 Å². The van der Waals surface area contributed by atoms with Crippen LogP contribution in [-0.4, -0.2) is 24.5 Å². The summed E-state index contributed by atoms with van der Waals surface area (Å²) in [5.41, 5.74) is 11.1. The van der Waals surface area contributed by atoms with Crippen molar-refractivity contribution in [2.24, 2.45) is 5.73 Å². The molecule has 6 nitrogen and oxygen atoms in total. The summed E-state index contributed by atoms with van der Waals surface area (Å²) >= 11 is 0. The average Bonchev–Trinajstić information content (AvgIpc) is 2.26. The molecule has 0 heterocycles. The van der Waals surface area contributed by atoms with Crippen molar-refractivity contribution < 1.29 is 14.3 Å². The maximum atomic E-state index is 11.3. The number of amides is 2. The summed E-state index contributed by atoms with van der Waals surface area (Å²) in [6, 6.07) is 6.00. The Morgan fingerprint density at radius 2 is 2.18 bits per heavy atom. The van der Waals surface area contributed by atoms with Crippen molar-refractivity contribution in [1.29, 1.82) is 0 Å². The fourth-order valence-corrected chi connectivity index (χ4v) is 1.11. The van der Waals surface area contributed by atoms with Gasteiger partial charge in [0.1, 0.15) is 11.8 Å². The number of nitrogen functional groups attached to an aromatic ring is 1. The Bertz CT molecular complexity index is 420. The van der Waals surface area contributed by atoms with Gasteiger partial charge in [-0.15, -0.1) is 0 Å². The molecule has 0 aromatic heterocycles. The van der Waals surface area contributed by atoms with Crippen LogP contribution in [0.15, 0.2) is 24.3 Å². The topological polar surface area (TPSA) is 107 Å². The third-order valence-corrected chi connectivity index (χ3v) is 2.03. The normalized spacial score (nSPS) is 11.6. The van der Waals surface area contributed by atoms with Crippen LogP contribution in [0.4, 0.5) is 5.69 Å². The first kappa shape index (κ1) is 12.8. The quantitative estimate of drug-likeness (QED) is 0.607. The second-order valence-corrected chi connectivity index (χ2v) is 3.55. The second-order valence-electron chi connectivity index (χ2n) is 3.55. The van der Waals surface area contributed by atoms with Crippen molar-refractivity contribution in [3.63, 3.8) is 0 Å². The van der Waals surface area contributed by atoms with Gasteiger partial charge in [0, 0.05) is 11.8 Å². The first-order chi connectivity index (χ1) is 7.99. The molecule has 0 aliphatic carbocycles. The molecule has 1 aromatic carbocycles. The standard InChI is InChI=1S/C11H15N3O3/c1-7(11(13)16)14-10(15)6-17-9-4-2-3-8(12)5-9/h2-5,7H,6,12H2,1H3,(H2,13,16)(H,14,15). The first-order valence-corrected chi connectivity index (χ1v) is 5.06. The number of nitrogens with one attached hydrogen (secondary N) is 1. The zero-order chi connectivity index (χ0) is 12.8. The van der Waals surface area contributed by atoms with Crippen molar-refractivity contribution in [3.05, 3.63) is 24.3 Å². The first-order valence-electron chi connectivity index (χ1n) is 5.06. The van der Waals surface area contributed by atoms with Crippen LogP contribution in [0.1, 0.15) is 6.92 Å². The number of nitrogens with two attached hydrogens (primary N) is 2. The molecule has 0 bridgehead atoms. The number of hydrogen-bond donors (Lipinski definition) is 3. The van der Waals surface area contributed by atoms with E-state index >= 15 is 0 Å². The molecule has 0 radical (unpaired) electrons. The maximum absolute atomic E-state index is 11.3. The minimum absolute atomic E-state index is 0.193. The van der Waals surface area contributed by atoms with Gasteiger partial charge in [0.25, 0.3) is 5.91 Å². The number of carbonyl (C=O) groups is 2. The zero-order valence-corrected chi connectivity index (χ0v) is 9.47. The number of anilines is 1. The third kappa shape index (κ3) is 4.42. The van der Waals surface area contributed by atoms with E-state index in [9.17, 15) is 9.59 Å². The Hall–Kier alpha value is -2.24. The zero-order valence-electron chi connectivity index (χ0n) is 9.47. The Balaban J connectivity index is 2.41. The van der Waals surface area contributed by atoms with Crippen LogP contribution in [0, 0.1) is 0 Å². The predicted molar refractivity (Wildman–Crippen MR) is 63.1 cm³/mol. The average molecular weight is 237 g/mol. The summed E-state index contributed by atoms with van der Waals surface area (Å²) in [6.45, 7) is 1.31. The molecule has 1 atom stereocenters. The molecule has 1 unspecified atom stereocenters. The minimum atomic E-state index is -0.716. The molecule has 0 spiro atoms. The van der Waals surface area contributed by atoms with Gasteiger partial charge < -0.3 is 21.5 Å². The van der Waals surface area contributed by atoms with Crippen LogP contribution < -0.4 is 21.5 Å². The predicted octanol–water partition coefficient (Wildman–Crippen LogP) is -0.362. The van der Waals surface area contributed by atoms with E-state index in [1.165, 1.54) is 6.92 Å². The second kappa shape index (κ2) is 5.74. The van der Waals surface area contributed by atoms with Crippen LogP contribution >= 0.6 is 0 Å². The number of ether oxygens (including phenoxy) is 1. The summed E-state index contributed by atoms with van der Waals surface area (Å²) in [7, 11) is 0. The Morgan fingerprint density at radius 3 is 2.76 bits per heavy atom. The van der Waals surface area contributed by atoms with Gasteiger partial charge in [-0.3, -0.25) is 9.59 Å². The van der Waals surface area contributed by atoms with Gasteiger partial charge >= 0.3 is 0 Å². The van der Waals surface area contributed by atoms with Crippen LogP contribution in [0.3, 0.4) is 0 Å². The molecule has 0 fully saturated rings. The van der Waals surface area contributed by atoms with Gasteiger partial charge in [-0.05, 0) is 19.1 Å². The summed E-state index contributed by atoms with van der Waals surface area (Å²) in [6.07, 6.45) is 0. The number of primary amides is 1. The fraction of sp³-hybridized carbons (Fsp3) is 0.273. The summed E-state index contributed by atoms with van der Waals surface area (Å²) < 4.78 is 5.19. The lowest BCUT2D eigenvalue weighted by atomic mass is 10.3. The summed E-state index contributed by atoms with van der Waals surface area (Å²) in [5, 5.41) is 2.39. The minimum Gasteiger partial charge on any atom is -0.484 e. The lowest BCUT2D eigenvalue weighted by Gasteiger charge is -2.11. The lowest BCUT2D eigenvalue weighted by Crippen LogP contribution is -2.44. The molecule has 17 heavy (non-hydrogen) atoms. The van der Waals surface area contributed by atoms with Gasteiger partial charge in [-0.25, -0.2) is 0 Å². The molecule has 0 saturated heterocycles.